The lowest BCUT2D eigenvalue weighted by molar-refractivity contribution is 0.670. The molecule has 1 unspecified atom stereocenters. The molecule has 1 aliphatic carbocycles. The lowest BCUT2D eigenvalue weighted by atomic mass is 9.93. The summed E-state index contributed by atoms with van der Waals surface area (Å²) in [5.74, 6) is 0.555. The van der Waals surface area contributed by atoms with Gasteiger partial charge in [-0.3, -0.25) is 0 Å². The summed E-state index contributed by atoms with van der Waals surface area (Å²) in [6.07, 6.45) is 5.76. The average molecular weight is 762 g/mol. The maximum Gasteiger partial charge on any atom is 0.143 e. The molecule has 10 aromatic rings. The largest absolute Gasteiger partial charge is 0.455 e. The van der Waals surface area contributed by atoms with Crippen LogP contribution in [0.25, 0.3) is 82.6 Å². The van der Waals surface area contributed by atoms with Crippen LogP contribution in [0.3, 0.4) is 0 Å². The van der Waals surface area contributed by atoms with Gasteiger partial charge in [0.05, 0.1) is 0 Å². The zero-order valence-electron chi connectivity index (χ0n) is 32.1. The van der Waals surface area contributed by atoms with E-state index in [1.807, 2.05) is 23.5 Å². The van der Waals surface area contributed by atoms with Crippen molar-refractivity contribution in [3.8, 4) is 44.5 Å². The van der Waals surface area contributed by atoms with Crippen LogP contribution < -0.4 is 4.90 Å². The van der Waals surface area contributed by atoms with Crippen molar-refractivity contribution >= 4 is 66.5 Å². The zero-order valence-corrected chi connectivity index (χ0v) is 32.9. The quantitative estimate of drug-likeness (QED) is 0.161. The van der Waals surface area contributed by atoms with Gasteiger partial charge in [0.1, 0.15) is 11.2 Å². The summed E-state index contributed by atoms with van der Waals surface area (Å²) in [5, 5.41) is 3.64. The number of hydrogen-bond donors (Lipinski definition) is 0. The van der Waals surface area contributed by atoms with Gasteiger partial charge in [-0.25, -0.2) is 0 Å². The summed E-state index contributed by atoms with van der Waals surface area (Å²) in [5.41, 5.74) is 16.1. The monoisotopic (exact) mass is 761 g/mol. The molecular formula is C55H39NOS. The van der Waals surface area contributed by atoms with Gasteiger partial charge in [-0.15, -0.1) is 11.3 Å². The molecule has 1 aliphatic rings. The molecule has 0 spiro atoms. The van der Waals surface area contributed by atoms with Crippen molar-refractivity contribution in [3.05, 3.63) is 205 Å². The average Bonchev–Trinajstić information content (AvgIpc) is 3.88. The summed E-state index contributed by atoms with van der Waals surface area (Å²) in [6, 6.07) is 67.8. The van der Waals surface area contributed by atoms with E-state index in [4.69, 9.17) is 4.42 Å². The van der Waals surface area contributed by atoms with Crippen molar-refractivity contribution in [2.75, 3.05) is 4.90 Å². The molecule has 0 saturated heterocycles. The normalized spacial score (nSPS) is 13.6. The third-order valence-electron chi connectivity index (χ3n) is 11.7. The first-order valence-electron chi connectivity index (χ1n) is 20.1. The van der Waals surface area contributed by atoms with Crippen LogP contribution in [0.2, 0.25) is 0 Å². The second kappa shape index (κ2) is 14.2. The predicted molar refractivity (Wildman–Crippen MR) is 248 cm³/mol. The highest BCUT2D eigenvalue weighted by molar-refractivity contribution is 7.20. The first-order chi connectivity index (χ1) is 28.7. The molecule has 58 heavy (non-hydrogen) atoms. The number of thiophene rings is 1. The van der Waals surface area contributed by atoms with E-state index in [2.05, 4.69) is 200 Å². The highest BCUT2D eigenvalue weighted by Gasteiger charge is 2.21. The lowest BCUT2D eigenvalue weighted by Gasteiger charge is -2.26. The highest BCUT2D eigenvalue weighted by atomic mass is 32.1. The van der Waals surface area contributed by atoms with Crippen LogP contribution in [-0.4, -0.2) is 0 Å². The predicted octanol–water partition coefficient (Wildman–Crippen LogP) is 16.5. The van der Waals surface area contributed by atoms with Gasteiger partial charge >= 0.3 is 0 Å². The Morgan fingerprint density at radius 3 is 1.62 bits per heavy atom. The number of furan rings is 1. The van der Waals surface area contributed by atoms with Gasteiger partial charge in [-0.2, -0.15) is 0 Å². The second-order valence-corrected chi connectivity index (χ2v) is 16.4. The highest BCUT2D eigenvalue weighted by Crippen LogP contribution is 2.46. The summed E-state index contributed by atoms with van der Waals surface area (Å²) < 4.78 is 7.79. The van der Waals surface area contributed by atoms with E-state index in [9.17, 15) is 0 Å². The molecular weight excluding hydrogens is 723 g/mol. The summed E-state index contributed by atoms with van der Waals surface area (Å²) >= 11 is 1.97. The molecule has 11 rings (SSSR count). The van der Waals surface area contributed by atoms with E-state index in [0.29, 0.717) is 5.92 Å². The van der Waals surface area contributed by atoms with Gasteiger partial charge in [-0.05, 0) is 99.3 Å². The van der Waals surface area contributed by atoms with Crippen LogP contribution in [0.5, 0.6) is 0 Å². The van der Waals surface area contributed by atoms with Crippen molar-refractivity contribution in [2.45, 2.75) is 19.3 Å². The Kier molecular flexibility index (Phi) is 8.41. The molecule has 0 radical (unpaired) electrons. The van der Waals surface area contributed by atoms with Crippen molar-refractivity contribution < 1.29 is 4.42 Å². The molecule has 3 heteroatoms. The van der Waals surface area contributed by atoms with Crippen LogP contribution in [0, 0.1) is 0 Å². The van der Waals surface area contributed by atoms with Gasteiger partial charge in [-0.1, -0.05) is 165 Å². The molecule has 276 valence electrons. The Morgan fingerprint density at radius 1 is 0.466 bits per heavy atom. The molecule has 0 bridgehead atoms. The van der Waals surface area contributed by atoms with E-state index in [0.717, 1.165) is 56.5 Å². The number of hydrogen-bond acceptors (Lipinski definition) is 3. The molecule has 0 fully saturated rings. The minimum atomic E-state index is 0.555. The smallest absolute Gasteiger partial charge is 0.143 e. The molecule has 2 nitrogen and oxygen atoms in total. The molecule has 0 N–H and O–H groups in total. The summed E-state index contributed by atoms with van der Waals surface area (Å²) in [7, 11) is 0. The topological polar surface area (TPSA) is 16.4 Å². The second-order valence-electron chi connectivity index (χ2n) is 15.3. The number of nitrogens with zero attached hydrogens (tertiary/aromatic N) is 1. The van der Waals surface area contributed by atoms with Crippen LogP contribution in [-0.2, 0) is 0 Å². The van der Waals surface area contributed by atoms with Gasteiger partial charge in [0.25, 0.3) is 0 Å². The molecule has 2 heterocycles. The van der Waals surface area contributed by atoms with Crippen molar-refractivity contribution in [1.29, 1.82) is 0 Å². The third-order valence-corrected chi connectivity index (χ3v) is 13.2. The zero-order chi connectivity index (χ0) is 38.6. The van der Waals surface area contributed by atoms with Crippen LogP contribution in [0.4, 0.5) is 17.1 Å². The Labute approximate surface area is 342 Å². The maximum atomic E-state index is 6.42. The van der Waals surface area contributed by atoms with Crippen LogP contribution >= 0.6 is 11.3 Å². The Hall–Kier alpha value is -6.94. The molecule has 1 atom stereocenters. The van der Waals surface area contributed by atoms with E-state index in [-0.39, 0.29) is 0 Å². The molecule has 2 aromatic heterocycles. The van der Waals surface area contributed by atoms with E-state index < -0.39 is 0 Å². The fourth-order valence-electron chi connectivity index (χ4n) is 8.71. The minimum Gasteiger partial charge on any atom is -0.455 e. The third kappa shape index (κ3) is 5.95. The van der Waals surface area contributed by atoms with Gasteiger partial charge < -0.3 is 9.32 Å². The number of fused-ring (bicyclic) bond motifs is 6. The first kappa shape index (κ1) is 34.3. The fraction of sp³-hybridized carbons (Fsp3) is 0.0545. The number of benzene rings is 8. The minimum absolute atomic E-state index is 0.555. The van der Waals surface area contributed by atoms with Crippen molar-refractivity contribution in [2.24, 2.45) is 0 Å². The molecule has 0 saturated carbocycles. The Balaban J connectivity index is 0.968. The van der Waals surface area contributed by atoms with Gasteiger partial charge in [0.2, 0.25) is 0 Å². The van der Waals surface area contributed by atoms with E-state index >= 15 is 0 Å². The SMILES string of the molecule is CC1CC=Cc2c1sc1c(-c3ccc(N(c4ccc(-c5ccc(-c6ccccc6)cc5)cc4)c4ccc(-c5cccc6c5oc5ccccc56)cc4)cc3)cccc21. The van der Waals surface area contributed by atoms with E-state index in [1.54, 1.807) is 0 Å². The van der Waals surface area contributed by atoms with E-state index in [1.165, 1.54) is 53.9 Å². The van der Waals surface area contributed by atoms with Crippen molar-refractivity contribution in [3.63, 3.8) is 0 Å². The molecule has 8 aromatic carbocycles. The van der Waals surface area contributed by atoms with Crippen LogP contribution in [0.15, 0.2) is 199 Å². The molecule has 0 amide bonds. The number of rotatable bonds is 7. The number of para-hydroxylation sites is 2. The van der Waals surface area contributed by atoms with Crippen molar-refractivity contribution in [1.82, 2.24) is 0 Å². The number of allylic oxidation sites excluding steroid dienone is 1. The lowest BCUT2D eigenvalue weighted by Crippen LogP contribution is -2.09. The molecule has 0 aliphatic heterocycles. The van der Waals surface area contributed by atoms with Gasteiger partial charge in [0.15, 0.2) is 0 Å². The Morgan fingerprint density at radius 2 is 0.966 bits per heavy atom. The standard InChI is InChI=1S/C55H39NOS/c1-36-10-7-17-50-51-18-9-15-47(55(51)58-54(36)50)42-28-34-45(35-29-42)56(43-30-24-40(25-31-43)39-22-20-38(21-23-39)37-11-3-2-4-12-37)44-32-26-41(27-33-44)46-14-8-16-49-48-13-5-6-19-52(48)57-53(46)49/h2-9,11-36H,10H2,1H3. The summed E-state index contributed by atoms with van der Waals surface area (Å²) in [4.78, 5) is 3.86. The first-order valence-corrected chi connectivity index (χ1v) is 20.9. The van der Waals surface area contributed by atoms with Crippen LogP contribution in [0.1, 0.15) is 29.7 Å². The van der Waals surface area contributed by atoms with Gasteiger partial charge in [0, 0.05) is 48.4 Å². The summed E-state index contributed by atoms with van der Waals surface area (Å²) in [6.45, 7) is 2.35. The maximum absolute atomic E-state index is 6.42. The Bertz CT molecular complexity index is 3120. The fourth-order valence-corrected chi connectivity index (χ4v) is 10.1. The number of anilines is 3.